The van der Waals surface area contributed by atoms with Crippen LogP contribution in [0.5, 0.6) is 0 Å². The van der Waals surface area contributed by atoms with Crippen LogP contribution < -0.4 is 10.2 Å². The van der Waals surface area contributed by atoms with Gasteiger partial charge in [0.2, 0.25) is 0 Å². The molecule has 2 rings (SSSR count). The number of amides is 2. The molecule has 21 heavy (non-hydrogen) atoms. The van der Waals surface area contributed by atoms with E-state index in [0.29, 0.717) is 0 Å². The fraction of sp³-hybridized carbons (Fsp3) is 0.385. The van der Waals surface area contributed by atoms with Gasteiger partial charge < -0.3 is 10.4 Å². The van der Waals surface area contributed by atoms with Crippen LogP contribution in [0.25, 0.3) is 0 Å². The van der Waals surface area contributed by atoms with E-state index in [4.69, 9.17) is 5.11 Å². The summed E-state index contributed by atoms with van der Waals surface area (Å²) in [5.41, 5.74) is -2.32. The summed E-state index contributed by atoms with van der Waals surface area (Å²) in [5.74, 6) is -1.26. The third-order valence-corrected chi connectivity index (χ3v) is 3.44. The van der Waals surface area contributed by atoms with Gasteiger partial charge in [-0.25, -0.2) is 9.59 Å². The zero-order valence-electron chi connectivity index (χ0n) is 11.1. The molecule has 1 aromatic carbocycles. The van der Waals surface area contributed by atoms with Crippen LogP contribution in [0.2, 0.25) is 0 Å². The minimum absolute atomic E-state index is 0.0282. The molecule has 114 valence electrons. The molecule has 0 atom stereocenters. The van der Waals surface area contributed by atoms with Gasteiger partial charge in [-0.1, -0.05) is 12.1 Å². The molecule has 0 unspecified atom stereocenters. The molecule has 0 radical (unpaired) electrons. The highest BCUT2D eigenvalue weighted by Gasteiger charge is 2.64. The van der Waals surface area contributed by atoms with Crippen LogP contribution in [0.4, 0.5) is 23.7 Å². The number of aromatic carboxylic acids is 1. The fourth-order valence-corrected chi connectivity index (χ4v) is 1.95. The number of carbonyl (C=O) groups excluding carboxylic acids is 1. The predicted octanol–water partition coefficient (Wildman–Crippen LogP) is 2.63. The number of alkyl halides is 3. The van der Waals surface area contributed by atoms with Crippen molar-refractivity contribution in [3.63, 3.8) is 0 Å². The third kappa shape index (κ3) is 2.79. The van der Waals surface area contributed by atoms with Crippen LogP contribution in [0.1, 0.15) is 23.2 Å². The number of para-hydroxylation sites is 1. The highest BCUT2D eigenvalue weighted by Crippen LogP contribution is 2.49. The number of urea groups is 1. The van der Waals surface area contributed by atoms with Crippen molar-refractivity contribution in [3.05, 3.63) is 29.8 Å². The second kappa shape index (κ2) is 4.94. The Morgan fingerprint density at radius 1 is 1.29 bits per heavy atom. The highest BCUT2D eigenvalue weighted by molar-refractivity contribution is 6.01. The average molecular weight is 302 g/mol. The number of nitrogens with zero attached hydrogens (tertiary/aromatic N) is 1. The molecule has 1 saturated carbocycles. The SMILES string of the molecule is CN(C(=O)NC1(C(F)(F)F)CC1)c1ccccc1C(=O)O. The number of nitrogens with one attached hydrogen (secondary N) is 1. The number of anilines is 1. The summed E-state index contributed by atoms with van der Waals surface area (Å²) in [7, 11) is 1.23. The highest BCUT2D eigenvalue weighted by atomic mass is 19.4. The number of rotatable bonds is 3. The van der Waals surface area contributed by atoms with Crippen LogP contribution in [0, 0.1) is 0 Å². The van der Waals surface area contributed by atoms with Crippen molar-refractivity contribution < 1.29 is 27.9 Å². The molecular weight excluding hydrogens is 289 g/mol. The van der Waals surface area contributed by atoms with E-state index in [2.05, 4.69) is 0 Å². The number of carboxylic acids is 1. The van der Waals surface area contributed by atoms with E-state index in [0.717, 1.165) is 4.90 Å². The van der Waals surface area contributed by atoms with Gasteiger partial charge in [0, 0.05) is 7.05 Å². The van der Waals surface area contributed by atoms with E-state index in [1.165, 1.54) is 31.3 Å². The molecule has 2 amide bonds. The minimum atomic E-state index is -4.52. The van der Waals surface area contributed by atoms with Crippen molar-refractivity contribution in [3.8, 4) is 0 Å². The van der Waals surface area contributed by atoms with Gasteiger partial charge in [0.05, 0.1) is 11.3 Å². The maximum absolute atomic E-state index is 12.8. The molecular formula is C13H13F3N2O3. The van der Waals surface area contributed by atoms with Gasteiger partial charge in [-0.15, -0.1) is 0 Å². The number of carboxylic acid groups (broad SMARTS) is 1. The smallest absolute Gasteiger partial charge is 0.411 e. The lowest BCUT2D eigenvalue weighted by atomic mass is 10.1. The van der Waals surface area contributed by atoms with Crippen LogP contribution in [-0.4, -0.2) is 35.9 Å². The molecule has 0 spiro atoms. The Bertz CT molecular complexity index is 582. The second-order valence-electron chi connectivity index (χ2n) is 4.89. The molecule has 1 aliphatic carbocycles. The van der Waals surface area contributed by atoms with Crippen LogP contribution in [0.3, 0.4) is 0 Å². The molecule has 1 aromatic rings. The summed E-state index contributed by atoms with van der Waals surface area (Å²) in [5, 5.41) is 11.0. The van der Waals surface area contributed by atoms with Crippen LogP contribution >= 0.6 is 0 Å². The van der Waals surface area contributed by atoms with Crippen LogP contribution in [-0.2, 0) is 0 Å². The molecule has 1 fully saturated rings. The summed E-state index contributed by atoms with van der Waals surface area (Å²) in [4.78, 5) is 23.9. The molecule has 0 aromatic heterocycles. The van der Waals surface area contributed by atoms with E-state index >= 15 is 0 Å². The first-order chi connectivity index (χ1) is 9.68. The van der Waals surface area contributed by atoms with E-state index in [-0.39, 0.29) is 24.1 Å². The Labute approximate surface area is 118 Å². The lowest BCUT2D eigenvalue weighted by molar-refractivity contribution is -0.162. The molecule has 0 bridgehead atoms. The van der Waals surface area contributed by atoms with Gasteiger partial charge >= 0.3 is 18.2 Å². The van der Waals surface area contributed by atoms with Gasteiger partial charge in [-0.2, -0.15) is 13.2 Å². The van der Waals surface area contributed by atoms with Crippen molar-refractivity contribution in [2.24, 2.45) is 0 Å². The second-order valence-corrected chi connectivity index (χ2v) is 4.89. The summed E-state index contributed by atoms with van der Waals surface area (Å²) in [6, 6.07) is 4.62. The number of benzene rings is 1. The number of carbonyl (C=O) groups is 2. The van der Waals surface area contributed by atoms with Crippen molar-refractivity contribution in [2.45, 2.75) is 24.6 Å². The molecule has 8 heteroatoms. The third-order valence-electron chi connectivity index (χ3n) is 3.44. The van der Waals surface area contributed by atoms with Crippen molar-refractivity contribution in [1.29, 1.82) is 0 Å². The normalized spacial score (nSPS) is 16.2. The van der Waals surface area contributed by atoms with Crippen molar-refractivity contribution in [2.75, 3.05) is 11.9 Å². The molecule has 1 aliphatic rings. The maximum Gasteiger partial charge on any atom is 0.411 e. The predicted molar refractivity (Wildman–Crippen MR) is 68.4 cm³/mol. The van der Waals surface area contributed by atoms with E-state index in [1.807, 2.05) is 5.32 Å². The number of hydrogen-bond acceptors (Lipinski definition) is 2. The quantitative estimate of drug-likeness (QED) is 0.901. The largest absolute Gasteiger partial charge is 0.478 e. The lowest BCUT2D eigenvalue weighted by Gasteiger charge is -2.25. The van der Waals surface area contributed by atoms with Gasteiger partial charge in [-0.05, 0) is 25.0 Å². The summed E-state index contributed by atoms with van der Waals surface area (Å²) in [6.07, 6.45) is -4.86. The summed E-state index contributed by atoms with van der Waals surface area (Å²) >= 11 is 0. The first-order valence-electron chi connectivity index (χ1n) is 6.13. The maximum atomic E-state index is 12.8. The Hall–Kier alpha value is -2.25. The topological polar surface area (TPSA) is 69.6 Å². The fourth-order valence-electron chi connectivity index (χ4n) is 1.95. The van der Waals surface area contributed by atoms with E-state index in [9.17, 15) is 22.8 Å². The zero-order chi connectivity index (χ0) is 15.8. The monoisotopic (exact) mass is 302 g/mol. The minimum Gasteiger partial charge on any atom is -0.478 e. The van der Waals surface area contributed by atoms with Crippen molar-refractivity contribution in [1.82, 2.24) is 5.32 Å². The van der Waals surface area contributed by atoms with Crippen LogP contribution in [0.15, 0.2) is 24.3 Å². The number of hydrogen-bond donors (Lipinski definition) is 2. The van der Waals surface area contributed by atoms with Gasteiger partial charge in [0.15, 0.2) is 0 Å². The zero-order valence-corrected chi connectivity index (χ0v) is 11.1. The van der Waals surface area contributed by atoms with E-state index < -0.39 is 23.7 Å². The van der Waals surface area contributed by atoms with Gasteiger partial charge in [0.1, 0.15) is 5.54 Å². The van der Waals surface area contributed by atoms with E-state index in [1.54, 1.807) is 0 Å². The van der Waals surface area contributed by atoms with Gasteiger partial charge in [0.25, 0.3) is 0 Å². The first kappa shape index (κ1) is 15.1. The summed E-state index contributed by atoms with van der Waals surface area (Å²) < 4.78 is 38.4. The Balaban J connectivity index is 2.20. The molecule has 0 heterocycles. The Morgan fingerprint density at radius 2 is 1.86 bits per heavy atom. The molecule has 0 saturated heterocycles. The molecule has 5 nitrogen and oxygen atoms in total. The summed E-state index contributed by atoms with van der Waals surface area (Å²) in [6.45, 7) is 0. The van der Waals surface area contributed by atoms with Crippen molar-refractivity contribution >= 4 is 17.7 Å². The first-order valence-corrected chi connectivity index (χ1v) is 6.13. The number of halogens is 3. The molecule has 2 N–H and O–H groups in total. The lowest BCUT2D eigenvalue weighted by Crippen LogP contribution is -2.52. The molecule has 0 aliphatic heterocycles. The standard InChI is InChI=1S/C13H13F3N2O3/c1-18(9-5-3-2-4-8(9)10(19)20)11(21)17-12(6-7-12)13(14,15)16/h2-5H,6-7H2,1H3,(H,17,21)(H,19,20). The Morgan fingerprint density at radius 3 is 2.33 bits per heavy atom. The van der Waals surface area contributed by atoms with Gasteiger partial charge in [-0.3, -0.25) is 4.90 Å². The Kier molecular flexibility index (Phi) is 3.56. The average Bonchev–Trinajstić information content (AvgIpc) is 3.18.